The van der Waals surface area contributed by atoms with Gasteiger partial charge in [-0.25, -0.2) is 0 Å². The van der Waals surface area contributed by atoms with Crippen LogP contribution in [0.15, 0.2) is 36.4 Å². The van der Waals surface area contributed by atoms with Crippen LogP contribution in [0, 0.1) is 0 Å². The zero-order valence-electron chi connectivity index (χ0n) is 10.4. The van der Waals surface area contributed by atoms with Crippen molar-refractivity contribution >= 4 is 0 Å². The van der Waals surface area contributed by atoms with E-state index in [1.165, 1.54) is 5.56 Å². The number of ether oxygens (including phenoxy) is 1. The summed E-state index contributed by atoms with van der Waals surface area (Å²) in [7, 11) is 0. The van der Waals surface area contributed by atoms with Crippen LogP contribution in [0.4, 0.5) is 0 Å². The Morgan fingerprint density at radius 2 is 1.88 bits per heavy atom. The van der Waals surface area contributed by atoms with E-state index in [-0.39, 0.29) is 5.60 Å². The van der Waals surface area contributed by atoms with Crippen molar-refractivity contribution in [2.75, 3.05) is 0 Å². The molecule has 1 aliphatic heterocycles. The maximum atomic E-state index is 6.03. The zero-order valence-corrected chi connectivity index (χ0v) is 10.4. The minimum Gasteiger partial charge on any atom is -0.486 e. The van der Waals surface area contributed by atoms with E-state index >= 15 is 0 Å². The molecular weight excluding hydrogens is 210 g/mol. The van der Waals surface area contributed by atoms with Gasteiger partial charge in [0.1, 0.15) is 11.4 Å². The Labute approximate surface area is 103 Å². The summed E-state index contributed by atoms with van der Waals surface area (Å²) in [6.07, 6.45) is 6.78. The molecule has 0 amide bonds. The third kappa shape index (κ3) is 1.87. The van der Waals surface area contributed by atoms with Gasteiger partial charge in [0.05, 0.1) is 6.04 Å². The lowest BCUT2D eigenvalue weighted by Crippen LogP contribution is -2.43. The Bertz CT molecular complexity index is 442. The summed E-state index contributed by atoms with van der Waals surface area (Å²) < 4.78 is 6.03. The van der Waals surface area contributed by atoms with Crippen LogP contribution >= 0.6 is 0 Å². The van der Waals surface area contributed by atoms with E-state index in [0.717, 1.165) is 18.6 Å². The zero-order chi connectivity index (χ0) is 11.9. The van der Waals surface area contributed by atoms with Gasteiger partial charge in [-0.3, -0.25) is 0 Å². The molecule has 0 radical (unpaired) electrons. The molecule has 1 heterocycles. The molecule has 0 saturated carbocycles. The molecule has 1 aromatic rings. The van der Waals surface area contributed by atoms with Gasteiger partial charge in [0.15, 0.2) is 0 Å². The Morgan fingerprint density at radius 1 is 1.18 bits per heavy atom. The highest BCUT2D eigenvalue weighted by atomic mass is 16.5. The highest BCUT2D eigenvalue weighted by Crippen LogP contribution is 2.43. The lowest BCUT2D eigenvalue weighted by Gasteiger charge is -2.29. The van der Waals surface area contributed by atoms with E-state index in [1.807, 2.05) is 6.07 Å². The minimum atomic E-state index is -0.160. The van der Waals surface area contributed by atoms with Gasteiger partial charge in [0.2, 0.25) is 0 Å². The lowest BCUT2D eigenvalue weighted by molar-refractivity contribution is 0.0915. The second-order valence-electron chi connectivity index (χ2n) is 5.48. The predicted octanol–water partition coefficient (Wildman–Crippen LogP) is 3.21. The summed E-state index contributed by atoms with van der Waals surface area (Å²) in [6.45, 7) is 4.32. The topological polar surface area (TPSA) is 21.3 Å². The number of hydrogen-bond acceptors (Lipinski definition) is 2. The fourth-order valence-electron chi connectivity index (χ4n) is 2.81. The summed E-state index contributed by atoms with van der Waals surface area (Å²) in [5.41, 5.74) is 1.14. The van der Waals surface area contributed by atoms with Crippen molar-refractivity contribution in [3.05, 3.63) is 42.0 Å². The molecule has 1 aromatic carbocycles. The average Bonchev–Trinajstić information content (AvgIpc) is 2.86. The maximum absolute atomic E-state index is 6.03. The van der Waals surface area contributed by atoms with Crippen LogP contribution in [0.5, 0.6) is 5.75 Å². The van der Waals surface area contributed by atoms with Crippen LogP contribution in [0.25, 0.3) is 0 Å². The molecule has 3 rings (SSSR count). The van der Waals surface area contributed by atoms with Gasteiger partial charge in [-0.1, -0.05) is 30.4 Å². The first kappa shape index (κ1) is 10.8. The molecule has 2 nitrogen and oxygen atoms in total. The molecule has 1 atom stereocenters. The fraction of sp³-hybridized carbons (Fsp3) is 0.467. The van der Waals surface area contributed by atoms with Crippen LogP contribution in [-0.4, -0.2) is 11.6 Å². The molecule has 1 aliphatic carbocycles. The summed E-state index contributed by atoms with van der Waals surface area (Å²) in [5.74, 6) is 1.03. The van der Waals surface area contributed by atoms with Gasteiger partial charge in [-0.2, -0.15) is 0 Å². The predicted molar refractivity (Wildman–Crippen MR) is 69.2 cm³/mol. The van der Waals surface area contributed by atoms with Crippen LogP contribution in [-0.2, 0) is 0 Å². The molecule has 2 aliphatic rings. The molecule has 1 unspecified atom stereocenters. The van der Waals surface area contributed by atoms with Crippen LogP contribution in [0.1, 0.15) is 38.3 Å². The molecule has 2 heteroatoms. The summed E-state index contributed by atoms with van der Waals surface area (Å²) in [6, 6.07) is 9.22. The van der Waals surface area contributed by atoms with Gasteiger partial charge in [-0.15, -0.1) is 0 Å². The van der Waals surface area contributed by atoms with Crippen molar-refractivity contribution < 1.29 is 4.74 Å². The largest absolute Gasteiger partial charge is 0.486 e. The Kier molecular flexibility index (Phi) is 2.48. The number of benzene rings is 1. The first-order chi connectivity index (χ1) is 8.17. The van der Waals surface area contributed by atoms with Crippen LogP contribution in [0.2, 0.25) is 0 Å². The summed E-state index contributed by atoms with van der Waals surface area (Å²) in [4.78, 5) is 0. The van der Waals surface area contributed by atoms with Crippen molar-refractivity contribution in [1.29, 1.82) is 0 Å². The van der Waals surface area contributed by atoms with E-state index in [1.54, 1.807) is 0 Å². The SMILES string of the molecule is CC1(C)Oc2ccccc2C1NC1CC=CC1. The standard InChI is InChI=1S/C15H19NO/c1-15(2)14(16-11-7-3-4-8-11)12-9-5-6-10-13(12)17-15/h3-6,9-11,14,16H,7-8H2,1-2H3. The molecule has 0 saturated heterocycles. The molecule has 0 aromatic heterocycles. The molecular formula is C15H19NO. The summed E-state index contributed by atoms with van der Waals surface area (Å²) in [5, 5.41) is 3.74. The molecule has 17 heavy (non-hydrogen) atoms. The van der Waals surface area contributed by atoms with Gasteiger partial charge in [0, 0.05) is 11.6 Å². The van der Waals surface area contributed by atoms with Crippen molar-refractivity contribution in [2.45, 2.75) is 44.4 Å². The molecule has 0 bridgehead atoms. The van der Waals surface area contributed by atoms with Gasteiger partial charge >= 0.3 is 0 Å². The van der Waals surface area contributed by atoms with Gasteiger partial charge < -0.3 is 10.1 Å². The number of rotatable bonds is 2. The maximum Gasteiger partial charge on any atom is 0.125 e. The minimum absolute atomic E-state index is 0.160. The van der Waals surface area contributed by atoms with Crippen molar-refractivity contribution in [3.63, 3.8) is 0 Å². The quantitative estimate of drug-likeness (QED) is 0.786. The fourth-order valence-corrected chi connectivity index (χ4v) is 2.81. The second kappa shape index (κ2) is 3.88. The number of nitrogens with one attached hydrogen (secondary N) is 1. The van der Waals surface area contributed by atoms with E-state index in [4.69, 9.17) is 4.74 Å². The molecule has 1 N–H and O–H groups in total. The monoisotopic (exact) mass is 229 g/mol. The smallest absolute Gasteiger partial charge is 0.125 e. The van der Waals surface area contributed by atoms with Gasteiger partial charge in [-0.05, 0) is 32.8 Å². The molecule has 90 valence electrons. The van der Waals surface area contributed by atoms with E-state index in [0.29, 0.717) is 12.1 Å². The first-order valence-corrected chi connectivity index (χ1v) is 6.36. The third-order valence-corrected chi connectivity index (χ3v) is 3.71. The molecule has 0 fully saturated rings. The highest BCUT2D eigenvalue weighted by Gasteiger charge is 2.41. The number of para-hydroxylation sites is 1. The second-order valence-corrected chi connectivity index (χ2v) is 5.48. The first-order valence-electron chi connectivity index (χ1n) is 6.36. The average molecular weight is 229 g/mol. The van der Waals surface area contributed by atoms with Crippen molar-refractivity contribution in [1.82, 2.24) is 5.32 Å². The van der Waals surface area contributed by atoms with Crippen LogP contribution in [0.3, 0.4) is 0 Å². The van der Waals surface area contributed by atoms with E-state index in [9.17, 15) is 0 Å². The Balaban J connectivity index is 1.86. The number of fused-ring (bicyclic) bond motifs is 1. The Morgan fingerprint density at radius 3 is 2.65 bits per heavy atom. The highest BCUT2D eigenvalue weighted by molar-refractivity contribution is 5.42. The van der Waals surface area contributed by atoms with Crippen molar-refractivity contribution in [2.24, 2.45) is 0 Å². The third-order valence-electron chi connectivity index (χ3n) is 3.71. The normalized spacial score (nSPS) is 25.9. The van der Waals surface area contributed by atoms with Crippen LogP contribution < -0.4 is 10.1 Å². The lowest BCUT2D eigenvalue weighted by atomic mass is 9.93. The van der Waals surface area contributed by atoms with Gasteiger partial charge in [0.25, 0.3) is 0 Å². The summed E-state index contributed by atoms with van der Waals surface area (Å²) >= 11 is 0. The number of hydrogen-bond donors (Lipinski definition) is 1. The van der Waals surface area contributed by atoms with Crippen molar-refractivity contribution in [3.8, 4) is 5.75 Å². The Hall–Kier alpha value is -1.28. The van der Waals surface area contributed by atoms with E-state index in [2.05, 4.69) is 49.5 Å². The molecule has 0 spiro atoms. The van der Waals surface area contributed by atoms with E-state index < -0.39 is 0 Å².